The van der Waals surface area contributed by atoms with Crippen LogP contribution < -0.4 is 0 Å². The molecule has 0 bridgehead atoms. The van der Waals surface area contributed by atoms with Crippen molar-refractivity contribution in [1.29, 1.82) is 0 Å². The molecule has 0 aromatic heterocycles. The molecule has 1 unspecified atom stereocenters. The molecule has 0 N–H and O–H groups in total. The molecule has 2 rings (SSSR count). The molecule has 1 aromatic rings. The van der Waals surface area contributed by atoms with Gasteiger partial charge in [0.25, 0.3) is 0 Å². The third-order valence-corrected chi connectivity index (χ3v) is 5.56. The largest absolute Gasteiger partial charge is 0.597 e. The molecule has 0 saturated heterocycles. The first-order chi connectivity index (χ1) is 9.43. The van der Waals surface area contributed by atoms with Gasteiger partial charge in [-0.1, -0.05) is 43.3 Å². The molecular formula is C17H25NOS. The summed E-state index contributed by atoms with van der Waals surface area (Å²) >= 11 is -0.940. The molecule has 0 fully saturated rings. The summed E-state index contributed by atoms with van der Waals surface area (Å²) in [5, 5.41) is 0. The van der Waals surface area contributed by atoms with Gasteiger partial charge in [0, 0.05) is 11.4 Å². The van der Waals surface area contributed by atoms with E-state index in [4.69, 9.17) is 0 Å². The second-order valence-corrected chi connectivity index (χ2v) is 8.52. The summed E-state index contributed by atoms with van der Waals surface area (Å²) < 4.78 is 14.6. The van der Waals surface area contributed by atoms with Gasteiger partial charge in [-0.05, 0) is 44.7 Å². The maximum absolute atomic E-state index is 12.6. The third-order valence-electron chi connectivity index (χ3n) is 3.68. The highest BCUT2D eigenvalue weighted by Gasteiger charge is 2.40. The van der Waals surface area contributed by atoms with Gasteiger partial charge in [0.1, 0.15) is 4.75 Å². The van der Waals surface area contributed by atoms with Crippen LogP contribution >= 0.6 is 0 Å². The first-order valence-electron chi connectivity index (χ1n) is 7.35. The summed E-state index contributed by atoms with van der Waals surface area (Å²) in [6.07, 6.45) is 4.25. The van der Waals surface area contributed by atoms with Crippen molar-refractivity contribution >= 4 is 11.4 Å². The van der Waals surface area contributed by atoms with Crippen molar-refractivity contribution in [1.82, 2.24) is 4.31 Å². The molecule has 2 nitrogen and oxygen atoms in total. The van der Waals surface area contributed by atoms with E-state index >= 15 is 0 Å². The lowest BCUT2D eigenvalue weighted by Gasteiger charge is -2.34. The Hall–Kier alpha value is -0.770. The van der Waals surface area contributed by atoms with E-state index in [0.29, 0.717) is 6.04 Å². The zero-order valence-electron chi connectivity index (χ0n) is 12.9. The normalized spacial score (nSPS) is 21.9. The van der Waals surface area contributed by atoms with Gasteiger partial charge in [-0.2, -0.15) is 0 Å². The van der Waals surface area contributed by atoms with Crippen LogP contribution in [-0.4, -0.2) is 26.2 Å². The van der Waals surface area contributed by atoms with Crippen LogP contribution in [0, 0.1) is 0 Å². The molecule has 110 valence electrons. The minimum atomic E-state index is -0.940. The summed E-state index contributed by atoms with van der Waals surface area (Å²) in [5.41, 5.74) is 2.75. The molecule has 1 aliphatic rings. The highest BCUT2D eigenvalue weighted by Crippen LogP contribution is 2.31. The quantitative estimate of drug-likeness (QED) is 0.624. The van der Waals surface area contributed by atoms with E-state index in [2.05, 4.69) is 41.6 Å². The molecule has 1 aromatic carbocycles. The standard InChI is InChI=1S/C17H25NOS/c1-5-16-15(13-14-9-7-6-8-10-14)11-12-18(16)20(19)17(2,3)4/h6-11,16H,5,12-13H2,1-4H3/t16-,20?/m0/s1. The first-order valence-corrected chi connectivity index (χ1v) is 8.45. The van der Waals surface area contributed by atoms with E-state index in [-0.39, 0.29) is 4.75 Å². The van der Waals surface area contributed by atoms with Crippen LogP contribution in [0.5, 0.6) is 0 Å². The number of rotatable bonds is 4. The van der Waals surface area contributed by atoms with Crippen molar-refractivity contribution < 1.29 is 4.55 Å². The summed E-state index contributed by atoms with van der Waals surface area (Å²) in [6, 6.07) is 10.8. The average molecular weight is 291 g/mol. The Morgan fingerprint density at radius 2 is 1.90 bits per heavy atom. The van der Waals surface area contributed by atoms with Gasteiger partial charge in [-0.25, -0.2) is 0 Å². The van der Waals surface area contributed by atoms with Gasteiger partial charge in [0.05, 0.1) is 12.6 Å². The lowest BCUT2D eigenvalue weighted by atomic mass is 9.99. The van der Waals surface area contributed by atoms with Gasteiger partial charge in [0.15, 0.2) is 0 Å². The lowest BCUT2D eigenvalue weighted by molar-refractivity contribution is 0.376. The van der Waals surface area contributed by atoms with Crippen molar-refractivity contribution in [2.75, 3.05) is 6.54 Å². The zero-order valence-corrected chi connectivity index (χ0v) is 13.7. The molecule has 0 radical (unpaired) electrons. The molecule has 0 saturated carbocycles. The Kier molecular flexibility index (Phi) is 4.95. The monoisotopic (exact) mass is 291 g/mol. The lowest BCUT2D eigenvalue weighted by Crippen LogP contribution is -2.46. The maximum Gasteiger partial charge on any atom is 0.137 e. The molecule has 1 aliphatic heterocycles. The van der Waals surface area contributed by atoms with Gasteiger partial charge in [-0.15, -0.1) is 4.31 Å². The molecule has 2 atom stereocenters. The van der Waals surface area contributed by atoms with E-state index in [9.17, 15) is 4.55 Å². The second kappa shape index (κ2) is 6.33. The van der Waals surface area contributed by atoms with Crippen molar-refractivity contribution in [3.8, 4) is 0 Å². The number of hydrogen-bond donors (Lipinski definition) is 0. The summed E-state index contributed by atoms with van der Waals surface area (Å²) in [5.74, 6) is 0. The fourth-order valence-corrected chi connectivity index (χ4v) is 4.11. The van der Waals surface area contributed by atoms with E-state index < -0.39 is 11.4 Å². The van der Waals surface area contributed by atoms with E-state index in [1.807, 2.05) is 26.8 Å². The number of benzene rings is 1. The fourth-order valence-electron chi connectivity index (χ4n) is 2.68. The summed E-state index contributed by atoms with van der Waals surface area (Å²) in [7, 11) is 0. The maximum atomic E-state index is 12.6. The number of hydrogen-bond acceptors (Lipinski definition) is 2. The third kappa shape index (κ3) is 3.46. The van der Waals surface area contributed by atoms with Crippen LogP contribution in [0.2, 0.25) is 0 Å². The summed E-state index contributed by atoms with van der Waals surface area (Å²) in [4.78, 5) is 0. The van der Waals surface area contributed by atoms with Gasteiger partial charge >= 0.3 is 0 Å². The first kappa shape index (κ1) is 15.6. The van der Waals surface area contributed by atoms with Crippen LogP contribution in [0.15, 0.2) is 42.0 Å². The molecule has 1 heterocycles. The van der Waals surface area contributed by atoms with Crippen molar-refractivity contribution in [2.24, 2.45) is 0 Å². The SMILES string of the molecule is CC[C@H]1C(Cc2ccccc2)=CCN1[S+]([O-])C(C)(C)C. The van der Waals surface area contributed by atoms with E-state index in [1.165, 1.54) is 11.1 Å². The molecule has 20 heavy (non-hydrogen) atoms. The Labute approximate surface area is 126 Å². The highest BCUT2D eigenvalue weighted by molar-refractivity contribution is 7.90. The molecule has 0 amide bonds. The van der Waals surface area contributed by atoms with Crippen LogP contribution in [0.25, 0.3) is 0 Å². The van der Waals surface area contributed by atoms with Crippen LogP contribution in [0.3, 0.4) is 0 Å². The Balaban J connectivity index is 2.10. The van der Waals surface area contributed by atoms with Crippen molar-refractivity contribution in [3.05, 3.63) is 47.5 Å². The number of nitrogens with zero attached hydrogens (tertiary/aromatic N) is 1. The predicted octanol–water partition coefficient (Wildman–Crippen LogP) is 3.71. The molecule has 0 aliphatic carbocycles. The van der Waals surface area contributed by atoms with Crippen molar-refractivity contribution in [2.45, 2.75) is 51.3 Å². The smallest absolute Gasteiger partial charge is 0.137 e. The molecule has 3 heteroatoms. The van der Waals surface area contributed by atoms with Crippen LogP contribution in [0.1, 0.15) is 39.7 Å². The Morgan fingerprint density at radius 3 is 2.45 bits per heavy atom. The van der Waals surface area contributed by atoms with Gasteiger partial charge in [-0.3, -0.25) is 0 Å². The average Bonchev–Trinajstić information content (AvgIpc) is 2.80. The summed E-state index contributed by atoms with van der Waals surface area (Å²) in [6.45, 7) is 9.13. The predicted molar refractivity (Wildman–Crippen MR) is 86.9 cm³/mol. The Bertz CT molecular complexity index is 464. The van der Waals surface area contributed by atoms with Crippen LogP contribution in [-0.2, 0) is 17.8 Å². The van der Waals surface area contributed by atoms with Crippen molar-refractivity contribution in [3.63, 3.8) is 0 Å². The molecule has 0 spiro atoms. The van der Waals surface area contributed by atoms with Gasteiger partial charge in [0.2, 0.25) is 0 Å². The van der Waals surface area contributed by atoms with E-state index in [0.717, 1.165) is 19.4 Å². The second-order valence-electron chi connectivity index (χ2n) is 6.33. The zero-order chi connectivity index (χ0) is 14.8. The topological polar surface area (TPSA) is 26.3 Å². The Morgan fingerprint density at radius 1 is 1.25 bits per heavy atom. The van der Waals surface area contributed by atoms with Gasteiger partial charge < -0.3 is 4.55 Å². The minimum Gasteiger partial charge on any atom is -0.597 e. The fraction of sp³-hybridized carbons (Fsp3) is 0.529. The molecular weight excluding hydrogens is 266 g/mol. The van der Waals surface area contributed by atoms with Crippen LogP contribution in [0.4, 0.5) is 0 Å². The van der Waals surface area contributed by atoms with E-state index in [1.54, 1.807) is 0 Å². The highest BCUT2D eigenvalue weighted by atomic mass is 32.2. The minimum absolute atomic E-state index is 0.191.